The van der Waals surface area contributed by atoms with Crippen molar-refractivity contribution in [2.75, 3.05) is 10.2 Å². The maximum atomic E-state index is 12.5. The van der Waals surface area contributed by atoms with E-state index in [1.54, 1.807) is 0 Å². The summed E-state index contributed by atoms with van der Waals surface area (Å²) in [4.78, 5) is 36.1. The molecule has 1 aliphatic heterocycles. The van der Waals surface area contributed by atoms with E-state index in [2.05, 4.69) is 5.32 Å². The predicted octanol–water partition coefficient (Wildman–Crippen LogP) is 2.65. The van der Waals surface area contributed by atoms with Crippen molar-refractivity contribution in [2.45, 2.75) is 19.4 Å². The zero-order valence-corrected chi connectivity index (χ0v) is 12.9. The molecular formula is C17H15N3O4. The van der Waals surface area contributed by atoms with E-state index in [0.29, 0.717) is 0 Å². The minimum Gasteiger partial charge on any atom is -0.373 e. The molecule has 2 aromatic carbocycles. The monoisotopic (exact) mass is 325 g/mol. The van der Waals surface area contributed by atoms with Crippen LogP contribution in [0.4, 0.5) is 17.1 Å². The number of nitro groups is 1. The maximum Gasteiger partial charge on any atom is 0.271 e. The standard InChI is InChI=1S/C17H15N3O4/c1-11-5-7-12(8-6-11)18-15-10-16(21)19(17(15)22)13-3-2-4-14(9-13)20(23)24/h2-9,15,18H,10H2,1H3/t15-/m1/s1. The Labute approximate surface area is 138 Å². The number of imide groups is 1. The molecule has 2 amide bonds. The van der Waals surface area contributed by atoms with Crippen LogP contribution in [-0.2, 0) is 9.59 Å². The molecule has 1 heterocycles. The van der Waals surface area contributed by atoms with Crippen LogP contribution in [0.2, 0.25) is 0 Å². The molecule has 1 fully saturated rings. The van der Waals surface area contributed by atoms with E-state index >= 15 is 0 Å². The first-order valence-corrected chi connectivity index (χ1v) is 7.40. The van der Waals surface area contributed by atoms with Gasteiger partial charge in [-0.2, -0.15) is 0 Å². The average Bonchev–Trinajstić information content (AvgIpc) is 2.83. The molecule has 3 rings (SSSR count). The fraction of sp³-hybridized carbons (Fsp3) is 0.176. The molecular weight excluding hydrogens is 310 g/mol. The number of nitrogens with zero attached hydrogens (tertiary/aromatic N) is 2. The molecule has 1 aliphatic rings. The molecule has 0 unspecified atom stereocenters. The predicted molar refractivity (Wildman–Crippen MR) is 88.8 cm³/mol. The Bertz CT molecular complexity index is 817. The molecule has 0 saturated carbocycles. The summed E-state index contributed by atoms with van der Waals surface area (Å²) in [6, 6.07) is 12.3. The molecule has 7 nitrogen and oxygen atoms in total. The van der Waals surface area contributed by atoms with Gasteiger partial charge in [-0.25, -0.2) is 4.90 Å². The second-order valence-corrected chi connectivity index (χ2v) is 5.61. The summed E-state index contributed by atoms with van der Waals surface area (Å²) in [5.41, 5.74) is 1.88. The van der Waals surface area contributed by atoms with Gasteiger partial charge in [-0.1, -0.05) is 23.8 Å². The van der Waals surface area contributed by atoms with Gasteiger partial charge in [0.05, 0.1) is 17.0 Å². The third-order valence-electron chi connectivity index (χ3n) is 3.84. The van der Waals surface area contributed by atoms with Crippen molar-refractivity contribution in [3.63, 3.8) is 0 Å². The van der Waals surface area contributed by atoms with Crippen LogP contribution in [-0.4, -0.2) is 22.8 Å². The number of anilines is 2. The summed E-state index contributed by atoms with van der Waals surface area (Å²) in [5, 5.41) is 13.9. The van der Waals surface area contributed by atoms with E-state index in [-0.39, 0.29) is 23.7 Å². The number of benzene rings is 2. The quantitative estimate of drug-likeness (QED) is 0.530. The van der Waals surface area contributed by atoms with Crippen molar-refractivity contribution < 1.29 is 14.5 Å². The lowest BCUT2D eigenvalue weighted by Crippen LogP contribution is -2.34. The normalized spacial score (nSPS) is 17.2. The van der Waals surface area contributed by atoms with Gasteiger partial charge in [0, 0.05) is 17.8 Å². The molecule has 7 heteroatoms. The van der Waals surface area contributed by atoms with Gasteiger partial charge in [-0.05, 0) is 25.1 Å². The lowest BCUT2D eigenvalue weighted by molar-refractivity contribution is -0.384. The van der Waals surface area contributed by atoms with Crippen LogP contribution < -0.4 is 10.2 Å². The zero-order chi connectivity index (χ0) is 17.3. The van der Waals surface area contributed by atoms with E-state index in [9.17, 15) is 19.7 Å². The molecule has 24 heavy (non-hydrogen) atoms. The Balaban J connectivity index is 1.82. The molecule has 2 aromatic rings. The van der Waals surface area contributed by atoms with E-state index in [4.69, 9.17) is 0 Å². The number of carbonyl (C=O) groups excluding carboxylic acids is 2. The van der Waals surface area contributed by atoms with Crippen LogP contribution >= 0.6 is 0 Å². The minimum atomic E-state index is -0.681. The first kappa shape index (κ1) is 15.7. The van der Waals surface area contributed by atoms with Gasteiger partial charge >= 0.3 is 0 Å². The van der Waals surface area contributed by atoms with Gasteiger partial charge in [0.15, 0.2) is 0 Å². The Kier molecular flexibility index (Phi) is 3.99. The van der Waals surface area contributed by atoms with Crippen LogP contribution in [0.3, 0.4) is 0 Å². The number of nitro benzene ring substituents is 1. The SMILES string of the molecule is Cc1ccc(N[C@@H]2CC(=O)N(c3cccc([N+](=O)[O-])c3)C2=O)cc1. The molecule has 0 aliphatic carbocycles. The topological polar surface area (TPSA) is 92.6 Å². The highest BCUT2D eigenvalue weighted by Gasteiger charge is 2.39. The number of hydrogen-bond acceptors (Lipinski definition) is 5. The minimum absolute atomic E-state index is 0.00933. The van der Waals surface area contributed by atoms with E-state index in [1.165, 1.54) is 24.3 Å². The molecule has 0 bridgehead atoms. The van der Waals surface area contributed by atoms with Gasteiger partial charge in [-0.15, -0.1) is 0 Å². The van der Waals surface area contributed by atoms with Crippen molar-refractivity contribution in [2.24, 2.45) is 0 Å². The number of rotatable bonds is 4. The van der Waals surface area contributed by atoms with Crippen molar-refractivity contribution in [1.29, 1.82) is 0 Å². The first-order valence-electron chi connectivity index (χ1n) is 7.40. The van der Waals surface area contributed by atoms with E-state index < -0.39 is 16.9 Å². The Morgan fingerprint density at radius 1 is 1.17 bits per heavy atom. The van der Waals surface area contributed by atoms with Crippen molar-refractivity contribution in [1.82, 2.24) is 0 Å². The third-order valence-corrected chi connectivity index (χ3v) is 3.84. The van der Waals surface area contributed by atoms with Crippen molar-refractivity contribution in [3.05, 3.63) is 64.2 Å². The van der Waals surface area contributed by atoms with Crippen molar-refractivity contribution >= 4 is 28.9 Å². The highest BCUT2D eigenvalue weighted by molar-refractivity contribution is 6.23. The number of nitrogens with one attached hydrogen (secondary N) is 1. The number of non-ortho nitro benzene ring substituents is 1. The smallest absolute Gasteiger partial charge is 0.271 e. The van der Waals surface area contributed by atoms with E-state index in [0.717, 1.165) is 16.2 Å². The van der Waals surface area contributed by atoms with Crippen LogP contribution in [0, 0.1) is 17.0 Å². The van der Waals surface area contributed by atoms with Crippen LogP contribution in [0.25, 0.3) is 0 Å². The molecule has 1 saturated heterocycles. The summed E-state index contributed by atoms with van der Waals surface area (Å²) < 4.78 is 0. The summed E-state index contributed by atoms with van der Waals surface area (Å²) in [6.07, 6.45) is 0.00933. The van der Waals surface area contributed by atoms with Crippen molar-refractivity contribution in [3.8, 4) is 0 Å². The largest absolute Gasteiger partial charge is 0.373 e. The highest BCUT2D eigenvalue weighted by Crippen LogP contribution is 2.27. The third kappa shape index (κ3) is 2.96. The number of amides is 2. The second kappa shape index (κ2) is 6.11. The molecule has 1 atom stereocenters. The van der Waals surface area contributed by atoms with Gasteiger partial charge in [0.1, 0.15) is 6.04 Å². The first-order chi connectivity index (χ1) is 11.5. The number of carbonyl (C=O) groups is 2. The second-order valence-electron chi connectivity index (χ2n) is 5.61. The van der Waals surface area contributed by atoms with Gasteiger partial charge < -0.3 is 5.32 Å². The Morgan fingerprint density at radius 2 is 1.88 bits per heavy atom. The van der Waals surface area contributed by atoms with Crippen LogP contribution in [0.1, 0.15) is 12.0 Å². The number of hydrogen-bond donors (Lipinski definition) is 1. The Morgan fingerprint density at radius 3 is 2.54 bits per heavy atom. The lowest BCUT2D eigenvalue weighted by Gasteiger charge is -2.16. The molecule has 0 spiro atoms. The summed E-state index contributed by atoms with van der Waals surface area (Å²) in [5.74, 6) is -0.800. The fourth-order valence-corrected chi connectivity index (χ4v) is 2.61. The fourth-order valence-electron chi connectivity index (χ4n) is 2.61. The van der Waals surface area contributed by atoms with Gasteiger partial charge in [0.2, 0.25) is 5.91 Å². The average molecular weight is 325 g/mol. The van der Waals surface area contributed by atoms with Crippen LogP contribution in [0.5, 0.6) is 0 Å². The highest BCUT2D eigenvalue weighted by atomic mass is 16.6. The summed E-state index contributed by atoms with van der Waals surface area (Å²) >= 11 is 0. The summed E-state index contributed by atoms with van der Waals surface area (Å²) in [6.45, 7) is 1.96. The van der Waals surface area contributed by atoms with E-state index in [1.807, 2.05) is 31.2 Å². The lowest BCUT2D eigenvalue weighted by atomic mass is 10.2. The van der Waals surface area contributed by atoms with Gasteiger partial charge in [0.25, 0.3) is 11.6 Å². The van der Waals surface area contributed by atoms with Gasteiger partial charge in [-0.3, -0.25) is 19.7 Å². The molecule has 122 valence electrons. The summed E-state index contributed by atoms with van der Waals surface area (Å²) in [7, 11) is 0. The molecule has 1 N–H and O–H groups in total. The van der Waals surface area contributed by atoms with Crippen LogP contribution in [0.15, 0.2) is 48.5 Å². The zero-order valence-electron chi connectivity index (χ0n) is 12.9. The number of aryl methyl sites for hydroxylation is 1. The Hall–Kier alpha value is -3.22. The maximum absolute atomic E-state index is 12.5. The molecule has 0 aromatic heterocycles. The molecule has 0 radical (unpaired) electrons.